The lowest BCUT2D eigenvalue weighted by molar-refractivity contribution is -0.0189. The van der Waals surface area contributed by atoms with Gasteiger partial charge in [-0.3, -0.25) is 0 Å². The van der Waals surface area contributed by atoms with Gasteiger partial charge in [0.15, 0.2) is 0 Å². The molecule has 29 heavy (non-hydrogen) atoms. The number of ether oxygens (including phenoxy) is 1. The first-order valence-electron chi connectivity index (χ1n) is 9.73. The van der Waals surface area contributed by atoms with Crippen LogP contribution in [0.2, 0.25) is 0 Å². The highest BCUT2D eigenvalue weighted by atomic mass is 16.5. The zero-order valence-electron chi connectivity index (χ0n) is 15.9. The van der Waals surface area contributed by atoms with E-state index in [1.807, 2.05) is 42.5 Å². The number of anilines is 1. The van der Waals surface area contributed by atoms with E-state index in [0.29, 0.717) is 0 Å². The molecule has 3 heteroatoms. The molecule has 4 aromatic rings. The summed E-state index contributed by atoms with van der Waals surface area (Å²) in [5, 5.41) is 3.50. The number of nitrogens with one attached hydrogen (secondary N) is 1. The van der Waals surface area contributed by atoms with Crippen LogP contribution in [0.25, 0.3) is 6.08 Å². The van der Waals surface area contributed by atoms with Crippen molar-refractivity contribution in [3.63, 3.8) is 0 Å². The standard InChI is InChI=1S/C26H21NO2/c1-3-10-20(11-4-1)26(21-12-5-2-6-13-21)23-15-7-8-16-24(23)27-25(29-26)18-17-22-14-9-19-28-22/h1-19,25,27H/b18-17+. The molecule has 0 saturated heterocycles. The van der Waals surface area contributed by atoms with Crippen molar-refractivity contribution in [2.24, 2.45) is 0 Å². The van der Waals surface area contributed by atoms with Gasteiger partial charge in [0.05, 0.1) is 6.26 Å². The first-order valence-corrected chi connectivity index (χ1v) is 9.73. The molecular weight excluding hydrogens is 358 g/mol. The molecule has 0 aliphatic carbocycles. The van der Waals surface area contributed by atoms with Crippen molar-refractivity contribution in [3.8, 4) is 0 Å². The van der Waals surface area contributed by atoms with Crippen LogP contribution in [0.1, 0.15) is 22.5 Å². The molecular formula is C26H21NO2. The molecule has 0 bridgehead atoms. The molecule has 0 radical (unpaired) electrons. The Morgan fingerprint density at radius 3 is 2.03 bits per heavy atom. The molecule has 1 aliphatic heterocycles. The normalized spacial score (nSPS) is 17.6. The largest absolute Gasteiger partial charge is 0.465 e. The van der Waals surface area contributed by atoms with Gasteiger partial charge in [-0.2, -0.15) is 0 Å². The second-order valence-electron chi connectivity index (χ2n) is 7.02. The fourth-order valence-electron chi connectivity index (χ4n) is 3.97. The van der Waals surface area contributed by atoms with Crippen molar-refractivity contribution in [1.29, 1.82) is 0 Å². The molecule has 0 amide bonds. The molecule has 5 rings (SSSR count). The first kappa shape index (κ1) is 17.5. The Bertz CT molecular complexity index is 1060. The lowest BCUT2D eigenvalue weighted by atomic mass is 9.78. The third kappa shape index (κ3) is 3.16. The minimum atomic E-state index is -0.720. The number of furan rings is 1. The van der Waals surface area contributed by atoms with Gasteiger partial charge in [-0.05, 0) is 41.5 Å². The Labute approximate surface area is 170 Å². The van der Waals surface area contributed by atoms with Crippen LogP contribution >= 0.6 is 0 Å². The zero-order chi connectivity index (χ0) is 19.5. The monoisotopic (exact) mass is 379 g/mol. The smallest absolute Gasteiger partial charge is 0.149 e. The van der Waals surface area contributed by atoms with Crippen LogP contribution in [0.15, 0.2) is 114 Å². The molecule has 3 nitrogen and oxygen atoms in total. The SMILES string of the molecule is C(=C\C1Nc2ccccc2C(c2ccccc2)(c2ccccc2)O1)/c1ccco1. The Kier molecular flexibility index (Phi) is 4.51. The van der Waals surface area contributed by atoms with Gasteiger partial charge in [0, 0.05) is 11.3 Å². The molecule has 1 unspecified atom stereocenters. The molecule has 142 valence electrons. The summed E-state index contributed by atoms with van der Waals surface area (Å²) in [7, 11) is 0. The van der Waals surface area contributed by atoms with Gasteiger partial charge in [0.2, 0.25) is 0 Å². The van der Waals surface area contributed by atoms with Crippen LogP contribution in [0.5, 0.6) is 0 Å². The van der Waals surface area contributed by atoms with Crippen molar-refractivity contribution < 1.29 is 9.15 Å². The molecule has 0 saturated carbocycles. The lowest BCUT2D eigenvalue weighted by Crippen LogP contribution is -2.43. The summed E-state index contributed by atoms with van der Waals surface area (Å²) >= 11 is 0. The summed E-state index contributed by atoms with van der Waals surface area (Å²) in [6.07, 6.45) is 5.28. The summed E-state index contributed by atoms with van der Waals surface area (Å²) in [6.45, 7) is 0. The van der Waals surface area contributed by atoms with Gasteiger partial charge in [-0.25, -0.2) is 0 Å². The predicted octanol–water partition coefficient (Wildman–Crippen LogP) is 6.05. The van der Waals surface area contributed by atoms with Gasteiger partial charge in [-0.15, -0.1) is 0 Å². The second kappa shape index (κ2) is 7.46. The highest BCUT2D eigenvalue weighted by molar-refractivity contribution is 5.64. The molecule has 1 atom stereocenters. The van der Waals surface area contributed by atoms with E-state index in [-0.39, 0.29) is 6.23 Å². The van der Waals surface area contributed by atoms with Crippen LogP contribution in [0.3, 0.4) is 0 Å². The summed E-state index contributed by atoms with van der Waals surface area (Å²) in [5.41, 5.74) is 3.62. The van der Waals surface area contributed by atoms with Crippen LogP contribution in [-0.2, 0) is 10.3 Å². The van der Waals surface area contributed by atoms with E-state index in [2.05, 4.69) is 72.0 Å². The number of benzene rings is 3. The van der Waals surface area contributed by atoms with Crippen LogP contribution in [0, 0.1) is 0 Å². The van der Waals surface area contributed by atoms with E-state index in [4.69, 9.17) is 9.15 Å². The van der Waals surface area contributed by atoms with Crippen molar-refractivity contribution in [2.75, 3.05) is 5.32 Å². The Balaban J connectivity index is 1.69. The average molecular weight is 379 g/mol. The van der Waals surface area contributed by atoms with Gasteiger partial charge in [0.1, 0.15) is 17.6 Å². The van der Waals surface area contributed by atoms with E-state index >= 15 is 0 Å². The Morgan fingerprint density at radius 1 is 0.724 bits per heavy atom. The van der Waals surface area contributed by atoms with E-state index < -0.39 is 5.60 Å². The molecule has 3 aromatic carbocycles. The fraction of sp³-hybridized carbons (Fsp3) is 0.0769. The third-order valence-electron chi connectivity index (χ3n) is 5.25. The third-order valence-corrected chi connectivity index (χ3v) is 5.25. The van der Waals surface area contributed by atoms with Crippen LogP contribution < -0.4 is 5.32 Å². The van der Waals surface area contributed by atoms with Gasteiger partial charge in [-0.1, -0.05) is 78.9 Å². The quantitative estimate of drug-likeness (QED) is 0.468. The lowest BCUT2D eigenvalue weighted by Gasteiger charge is -2.43. The maximum absolute atomic E-state index is 6.83. The minimum absolute atomic E-state index is 0.324. The summed E-state index contributed by atoms with van der Waals surface area (Å²) < 4.78 is 12.3. The summed E-state index contributed by atoms with van der Waals surface area (Å²) in [4.78, 5) is 0. The predicted molar refractivity (Wildman–Crippen MR) is 115 cm³/mol. The van der Waals surface area contributed by atoms with Crippen molar-refractivity contribution >= 4 is 11.8 Å². The maximum atomic E-state index is 6.83. The zero-order valence-corrected chi connectivity index (χ0v) is 15.9. The highest BCUT2D eigenvalue weighted by Crippen LogP contribution is 2.47. The number of fused-ring (bicyclic) bond motifs is 1. The minimum Gasteiger partial charge on any atom is -0.465 e. The van der Waals surface area contributed by atoms with Crippen LogP contribution in [0.4, 0.5) is 5.69 Å². The van der Waals surface area contributed by atoms with Crippen molar-refractivity contribution in [2.45, 2.75) is 11.8 Å². The molecule has 1 N–H and O–H groups in total. The Hall–Kier alpha value is -3.56. The molecule has 1 aliphatic rings. The molecule has 0 spiro atoms. The van der Waals surface area contributed by atoms with Gasteiger partial charge < -0.3 is 14.5 Å². The van der Waals surface area contributed by atoms with Crippen molar-refractivity contribution in [1.82, 2.24) is 0 Å². The summed E-state index contributed by atoms with van der Waals surface area (Å²) in [5.74, 6) is 0.791. The molecule has 0 fully saturated rings. The van der Waals surface area contributed by atoms with E-state index in [1.165, 1.54) is 0 Å². The topological polar surface area (TPSA) is 34.4 Å². The fourth-order valence-corrected chi connectivity index (χ4v) is 3.97. The number of para-hydroxylation sites is 1. The van der Waals surface area contributed by atoms with Gasteiger partial charge >= 0.3 is 0 Å². The average Bonchev–Trinajstić information content (AvgIpc) is 3.32. The summed E-state index contributed by atoms with van der Waals surface area (Å²) in [6, 6.07) is 32.9. The first-order chi connectivity index (χ1) is 14.4. The van der Waals surface area contributed by atoms with Crippen LogP contribution in [-0.4, -0.2) is 6.23 Å². The van der Waals surface area contributed by atoms with E-state index in [9.17, 15) is 0 Å². The van der Waals surface area contributed by atoms with Crippen molar-refractivity contribution in [3.05, 3.63) is 132 Å². The highest BCUT2D eigenvalue weighted by Gasteiger charge is 2.43. The number of rotatable bonds is 4. The van der Waals surface area contributed by atoms with E-state index in [1.54, 1.807) is 6.26 Å². The number of hydrogen-bond acceptors (Lipinski definition) is 3. The second-order valence-corrected chi connectivity index (χ2v) is 7.02. The van der Waals surface area contributed by atoms with E-state index in [0.717, 1.165) is 28.1 Å². The van der Waals surface area contributed by atoms with Gasteiger partial charge in [0.25, 0.3) is 0 Å². The number of hydrogen-bond donors (Lipinski definition) is 1. The molecule has 1 aromatic heterocycles. The maximum Gasteiger partial charge on any atom is 0.149 e. The Morgan fingerprint density at radius 2 is 1.38 bits per heavy atom. The molecule has 2 heterocycles.